The van der Waals surface area contributed by atoms with Crippen LogP contribution in [0.25, 0.3) is 5.76 Å². The van der Waals surface area contributed by atoms with Gasteiger partial charge in [-0.2, -0.15) is 0 Å². The van der Waals surface area contributed by atoms with Crippen molar-refractivity contribution >= 4 is 22.5 Å². The van der Waals surface area contributed by atoms with E-state index in [2.05, 4.69) is 0 Å². The summed E-state index contributed by atoms with van der Waals surface area (Å²) in [5.41, 5.74) is 1.60. The van der Waals surface area contributed by atoms with Gasteiger partial charge in [-0.05, 0) is 32.9 Å². The number of hydrogen-bond donors (Lipinski definition) is 1. The first-order valence-corrected chi connectivity index (χ1v) is 6.74. The predicted octanol–water partition coefficient (Wildman–Crippen LogP) is 2.29. The van der Waals surface area contributed by atoms with Gasteiger partial charge in [-0.1, -0.05) is 11.6 Å². The van der Waals surface area contributed by atoms with Crippen LogP contribution in [0.4, 0.5) is 0 Å². The number of aryl methyl sites for hydroxylation is 1. The molecular formula is C13H14O4S. The van der Waals surface area contributed by atoms with Gasteiger partial charge in [-0.25, -0.2) is 9.00 Å². The van der Waals surface area contributed by atoms with Gasteiger partial charge in [0.25, 0.3) is 0 Å². The van der Waals surface area contributed by atoms with Gasteiger partial charge in [0.05, 0.1) is 21.8 Å². The molecular weight excluding hydrogens is 252 g/mol. The van der Waals surface area contributed by atoms with E-state index in [1.165, 1.54) is 0 Å². The molecule has 1 aromatic carbocycles. The van der Waals surface area contributed by atoms with Gasteiger partial charge in [0.15, 0.2) is 10.7 Å². The van der Waals surface area contributed by atoms with Gasteiger partial charge in [0.1, 0.15) is 0 Å². The standard InChI is InChI=1S/C13H14O4S/c1-7(2)17-11-9-6-8(3)4-5-10(9)18(16)12(11)13(14)15/h4-7H,1-3H3,(H,14,15). The molecule has 0 saturated heterocycles. The van der Waals surface area contributed by atoms with Crippen LogP contribution in [-0.2, 0) is 20.3 Å². The van der Waals surface area contributed by atoms with Crippen molar-refractivity contribution in [2.24, 2.45) is 0 Å². The Morgan fingerprint density at radius 3 is 2.61 bits per heavy atom. The molecule has 18 heavy (non-hydrogen) atoms. The second-order valence-electron chi connectivity index (χ2n) is 4.40. The minimum Gasteiger partial charge on any atom is -0.489 e. The summed E-state index contributed by atoms with van der Waals surface area (Å²) >= 11 is 0. The number of benzene rings is 1. The lowest BCUT2D eigenvalue weighted by atomic mass is 10.1. The molecule has 1 unspecified atom stereocenters. The summed E-state index contributed by atoms with van der Waals surface area (Å²) in [6.45, 7) is 5.52. The van der Waals surface area contributed by atoms with Gasteiger partial charge >= 0.3 is 5.97 Å². The molecule has 1 N–H and O–H groups in total. The monoisotopic (exact) mass is 266 g/mol. The summed E-state index contributed by atoms with van der Waals surface area (Å²) in [7, 11) is -1.67. The molecule has 4 nitrogen and oxygen atoms in total. The molecule has 96 valence electrons. The zero-order valence-corrected chi connectivity index (χ0v) is 11.2. The van der Waals surface area contributed by atoms with Gasteiger partial charge in [-0.15, -0.1) is 0 Å². The molecule has 1 aliphatic rings. The molecule has 0 aromatic heterocycles. The van der Waals surface area contributed by atoms with Crippen LogP contribution in [0.3, 0.4) is 0 Å². The Kier molecular flexibility index (Phi) is 3.26. The number of hydrogen-bond acceptors (Lipinski definition) is 3. The third kappa shape index (κ3) is 2.06. The van der Waals surface area contributed by atoms with Gasteiger partial charge in [-0.3, -0.25) is 0 Å². The van der Waals surface area contributed by atoms with Crippen LogP contribution in [0, 0.1) is 6.92 Å². The molecule has 0 amide bonds. The third-order valence-corrected chi connectivity index (χ3v) is 4.01. The lowest BCUT2D eigenvalue weighted by Crippen LogP contribution is -2.08. The number of aliphatic carboxylic acids is 1. The Morgan fingerprint density at radius 2 is 2.06 bits per heavy atom. The van der Waals surface area contributed by atoms with Gasteiger partial charge < -0.3 is 9.84 Å². The van der Waals surface area contributed by atoms with E-state index in [1.807, 2.05) is 26.8 Å². The maximum Gasteiger partial charge on any atom is 0.349 e. The summed E-state index contributed by atoms with van der Waals surface area (Å²) < 4.78 is 17.7. The number of carboxylic acids is 1. The second-order valence-corrected chi connectivity index (χ2v) is 5.78. The second kappa shape index (κ2) is 4.57. The highest BCUT2D eigenvalue weighted by atomic mass is 32.2. The lowest BCUT2D eigenvalue weighted by Gasteiger charge is -2.12. The predicted molar refractivity (Wildman–Crippen MR) is 68.4 cm³/mol. The highest BCUT2D eigenvalue weighted by molar-refractivity contribution is 7.90. The number of carboxylic acid groups (broad SMARTS) is 1. The highest BCUT2D eigenvalue weighted by Crippen LogP contribution is 2.38. The minimum atomic E-state index is -1.67. The summed E-state index contributed by atoms with van der Waals surface area (Å²) in [5.74, 6) is -0.965. The molecule has 1 aliphatic heterocycles. The first-order valence-electron chi connectivity index (χ1n) is 5.59. The Balaban J connectivity index is 2.64. The van der Waals surface area contributed by atoms with Crippen molar-refractivity contribution in [3.05, 3.63) is 34.2 Å². The van der Waals surface area contributed by atoms with Crippen LogP contribution in [0.5, 0.6) is 0 Å². The molecule has 2 rings (SSSR count). The van der Waals surface area contributed by atoms with E-state index in [4.69, 9.17) is 4.74 Å². The number of ether oxygens (including phenoxy) is 1. The molecule has 5 heteroatoms. The Bertz CT molecular complexity index is 572. The highest BCUT2D eigenvalue weighted by Gasteiger charge is 2.35. The number of rotatable bonds is 3. The minimum absolute atomic E-state index is 0.163. The van der Waals surface area contributed by atoms with Crippen LogP contribution in [0.1, 0.15) is 25.0 Å². The molecule has 0 fully saturated rings. The van der Waals surface area contributed by atoms with Gasteiger partial charge in [0, 0.05) is 5.56 Å². The number of carbonyl (C=O) groups is 1. The van der Waals surface area contributed by atoms with Crippen molar-refractivity contribution in [2.45, 2.75) is 31.8 Å². The maximum atomic E-state index is 12.1. The molecule has 0 radical (unpaired) electrons. The first kappa shape index (κ1) is 12.8. The van der Waals surface area contributed by atoms with Gasteiger partial charge in [0.2, 0.25) is 0 Å². The Labute approximate surface area is 108 Å². The topological polar surface area (TPSA) is 63.6 Å². The van der Waals surface area contributed by atoms with Crippen LogP contribution >= 0.6 is 0 Å². The Hall–Kier alpha value is -1.62. The lowest BCUT2D eigenvalue weighted by molar-refractivity contribution is -0.131. The van der Waals surface area contributed by atoms with Crippen LogP contribution < -0.4 is 0 Å². The summed E-state index contributed by atoms with van der Waals surface area (Å²) in [6, 6.07) is 5.32. The van der Waals surface area contributed by atoms with Crippen molar-refractivity contribution < 1.29 is 18.8 Å². The fourth-order valence-electron chi connectivity index (χ4n) is 1.83. The van der Waals surface area contributed by atoms with Crippen molar-refractivity contribution in [3.8, 4) is 0 Å². The average molecular weight is 266 g/mol. The van der Waals surface area contributed by atoms with Crippen LogP contribution in [0.15, 0.2) is 28.0 Å². The molecule has 1 atom stereocenters. The molecule has 0 spiro atoms. The van der Waals surface area contributed by atoms with Crippen molar-refractivity contribution in [2.75, 3.05) is 0 Å². The number of fused-ring (bicyclic) bond motifs is 1. The molecule has 0 bridgehead atoms. The summed E-state index contributed by atoms with van der Waals surface area (Å²) in [6.07, 6.45) is -0.169. The summed E-state index contributed by atoms with van der Waals surface area (Å²) in [4.78, 5) is 11.6. The van der Waals surface area contributed by atoms with Crippen molar-refractivity contribution in [3.63, 3.8) is 0 Å². The molecule has 0 saturated carbocycles. The molecule has 1 aromatic rings. The maximum absolute atomic E-state index is 12.1. The fourth-order valence-corrected chi connectivity index (χ4v) is 3.08. The summed E-state index contributed by atoms with van der Waals surface area (Å²) in [5, 5.41) is 9.18. The largest absolute Gasteiger partial charge is 0.489 e. The first-order chi connectivity index (χ1) is 8.41. The van der Waals surface area contributed by atoms with E-state index in [0.717, 1.165) is 5.56 Å². The van der Waals surface area contributed by atoms with E-state index in [9.17, 15) is 14.1 Å². The smallest absolute Gasteiger partial charge is 0.349 e. The zero-order chi connectivity index (χ0) is 13.4. The van der Waals surface area contributed by atoms with E-state index in [-0.39, 0.29) is 16.8 Å². The normalized spacial score (nSPS) is 18.1. The van der Waals surface area contributed by atoms with Crippen molar-refractivity contribution in [1.82, 2.24) is 0 Å². The quantitative estimate of drug-likeness (QED) is 0.911. The van der Waals surface area contributed by atoms with E-state index in [0.29, 0.717) is 10.5 Å². The molecule has 1 heterocycles. The van der Waals surface area contributed by atoms with Crippen LogP contribution in [-0.4, -0.2) is 21.4 Å². The van der Waals surface area contributed by atoms with Crippen LogP contribution in [0.2, 0.25) is 0 Å². The fraction of sp³-hybridized carbons (Fsp3) is 0.308. The SMILES string of the molecule is Cc1ccc2c(c1)C(OC(C)C)=C(C(=O)O)S2=O. The Morgan fingerprint density at radius 1 is 1.39 bits per heavy atom. The van der Waals surface area contributed by atoms with Crippen molar-refractivity contribution in [1.29, 1.82) is 0 Å². The van der Waals surface area contributed by atoms with E-state index < -0.39 is 16.8 Å². The van der Waals surface area contributed by atoms with E-state index >= 15 is 0 Å². The van der Waals surface area contributed by atoms with E-state index in [1.54, 1.807) is 12.1 Å². The third-order valence-electron chi connectivity index (χ3n) is 2.52. The molecule has 0 aliphatic carbocycles. The average Bonchev–Trinajstić information content (AvgIpc) is 2.51. The zero-order valence-electron chi connectivity index (χ0n) is 10.4.